The molecule has 7 rings (SSSR count). The molecule has 2 aliphatic rings. The van der Waals surface area contributed by atoms with Crippen LogP contribution in [-0.2, 0) is 17.7 Å². The summed E-state index contributed by atoms with van der Waals surface area (Å²) in [5, 5.41) is 8.68. The normalized spacial score (nSPS) is 16.9. The minimum absolute atomic E-state index is 0.0533. The maximum absolute atomic E-state index is 14.5. The SMILES string of the molecule is O=C(Nc1ccccc1)c1nn(-c2cc(Cl)cnc2C(=O)N2Cc3ccccc3CC2CN2CCOCC2)c2ccccc12. The van der Waals surface area contributed by atoms with Crippen molar-refractivity contribution in [2.24, 2.45) is 0 Å². The first-order valence-electron chi connectivity index (χ1n) is 14.7. The molecule has 0 aliphatic carbocycles. The number of halogens is 1. The number of benzene rings is 3. The number of morpholine rings is 1. The van der Waals surface area contributed by atoms with Crippen molar-refractivity contribution in [3.63, 3.8) is 0 Å². The fourth-order valence-corrected chi connectivity index (χ4v) is 6.24. The van der Waals surface area contributed by atoms with Crippen molar-refractivity contribution >= 4 is 40.0 Å². The van der Waals surface area contributed by atoms with Gasteiger partial charge in [0.1, 0.15) is 0 Å². The number of nitrogens with zero attached hydrogens (tertiary/aromatic N) is 5. The molecule has 5 aromatic rings. The van der Waals surface area contributed by atoms with E-state index in [9.17, 15) is 9.59 Å². The summed E-state index contributed by atoms with van der Waals surface area (Å²) in [6, 6.07) is 26.6. The lowest BCUT2D eigenvalue weighted by atomic mass is 9.93. The number of anilines is 1. The highest BCUT2D eigenvalue weighted by molar-refractivity contribution is 6.30. The van der Waals surface area contributed by atoms with Gasteiger partial charge < -0.3 is 15.0 Å². The molecule has 4 heterocycles. The van der Waals surface area contributed by atoms with Gasteiger partial charge >= 0.3 is 0 Å². The molecule has 0 bridgehead atoms. The molecule has 2 amide bonds. The van der Waals surface area contributed by atoms with E-state index < -0.39 is 0 Å². The van der Waals surface area contributed by atoms with Gasteiger partial charge in [-0.3, -0.25) is 14.5 Å². The van der Waals surface area contributed by atoms with Gasteiger partial charge in [-0.1, -0.05) is 72.3 Å². The van der Waals surface area contributed by atoms with Gasteiger partial charge in [0.15, 0.2) is 11.4 Å². The number of hydrogen-bond acceptors (Lipinski definition) is 6. The summed E-state index contributed by atoms with van der Waals surface area (Å²) in [6.07, 6.45) is 2.23. The molecule has 1 unspecified atom stereocenters. The molecule has 10 heteroatoms. The molecule has 222 valence electrons. The van der Waals surface area contributed by atoms with Gasteiger partial charge in [-0.25, -0.2) is 9.67 Å². The van der Waals surface area contributed by atoms with E-state index in [1.165, 1.54) is 11.8 Å². The number of nitrogens with one attached hydrogen (secondary N) is 1. The van der Waals surface area contributed by atoms with Crippen molar-refractivity contribution in [1.82, 2.24) is 24.6 Å². The predicted octanol–water partition coefficient (Wildman–Crippen LogP) is 5.23. The molecule has 1 atom stereocenters. The van der Waals surface area contributed by atoms with Crippen LogP contribution in [0.5, 0.6) is 0 Å². The van der Waals surface area contributed by atoms with E-state index in [1.54, 1.807) is 10.7 Å². The molecule has 0 radical (unpaired) electrons. The molecule has 2 aromatic heterocycles. The largest absolute Gasteiger partial charge is 0.379 e. The van der Waals surface area contributed by atoms with Crippen LogP contribution < -0.4 is 5.32 Å². The molecule has 9 nitrogen and oxygen atoms in total. The molecule has 2 aliphatic heterocycles. The molecule has 3 aromatic carbocycles. The predicted molar refractivity (Wildman–Crippen MR) is 169 cm³/mol. The maximum atomic E-state index is 14.5. The van der Waals surface area contributed by atoms with Gasteiger partial charge in [-0.2, -0.15) is 5.10 Å². The van der Waals surface area contributed by atoms with Crippen LogP contribution in [0.1, 0.15) is 32.1 Å². The van der Waals surface area contributed by atoms with Crippen molar-refractivity contribution in [2.45, 2.75) is 19.0 Å². The quantitative estimate of drug-likeness (QED) is 0.285. The average molecular weight is 607 g/mol. The standard InChI is InChI=1S/C34H31ClN6O3/c35-25-19-30(41-29-13-7-6-12-28(29)31(38-41)33(42)37-26-10-2-1-3-11-26)32(36-20-25)34(43)40-21-24-9-5-4-8-23(24)18-27(40)22-39-14-16-44-17-15-39/h1-13,19-20,27H,14-18,21-22H2,(H,37,42). The second kappa shape index (κ2) is 12.2. The van der Waals surface area contributed by atoms with Gasteiger partial charge in [0.05, 0.1) is 29.4 Å². The van der Waals surface area contributed by atoms with E-state index in [4.69, 9.17) is 21.4 Å². The Balaban J connectivity index is 1.28. The van der Waals surface area contributed by atoms with Crippen LogP contribution in [0.2, 0.25) is 5.02 Å². The lowest BCUT2D eigenvalue weighted by Crippen LogP contribution is -2.52. The number of fused-ring (bicyclic) bond motifs is 2. The second-order valence-electron chi connectivity index (χ2n) is 11.1. The minimum atomic E-state index is -0.354. The molecule has 1 fully saturated rings. The smallest absolute Gasteiger partial charge is 0.276 e. The zero-order valence-corrected chi connectivity index (χ0v) is 24.8. The summed E-state index contributed by atoms with van der Waals surface area (Å²) in [4.78, 5) is 36.8. The third kappa shape index (κ3) is 5.57. The van der Waals surface area contributed by atoms with Crippen LogP contribution in [0.4, 0.5) is 5.69 Å². The van der Waals surface area contributed by atoms with Crippen LogP contribution >= 0.6 is 11.6 Å². The molecule has 0 spiro atoms. The Labute approximate surface area is 260 Å². The maximum Gasteiger partial charge on any atom is 0.276 e. The molecule has 0 saturated carbocycles. The van der Waals surface area contributed by atoms with E-state index in [0.717, 1.165) is 31.6 Å². The third-order valence-corrected chi connectivity index (χ3v) is 8.49. The summed E-state index contributed by atoms with van der Waals surface area (Å²) in [7, 11) is 0. The second-order valence-corrected chi connectivity index (χ2v) is 11.5. The van der Waals surface area contributed by atoms with Crippen LogP contribution in [-0.4, -0.2) is 75.3 Å². The Bertz CT molecular complexity index is 1840. The van der Waals surface area contributed by atoms with Crippen LogP contribution in [0.25, 0.3) is 16.6 Å². The van der Waals surface area contributed by atoms with E-state index >= 15 is 0 Å². The first-order valence-corrected chi connectivity index (χ1v) is 15.1. The number of aromatic nitrogens is 3. The topological polar surface area (TPSA) is 92.6 Å². The van der Waals surface area contributed by atoms with Crippen molar-refractivity contribution in [3.05, 3.63) is 119 Å². The summed E-state index contributed by atoms with van der Waals surface area (Å²) in [5.74, 6) is -0.563. The van der Waals surface area contributed by atoms with Crippen LogP contribution in [0.15, 0.2) is 91.1 Å². The lowest BCUT2D eigenvalue weighted by Gasteiger charge is -2.40. The van der Waals surface area contributed by atoms with E-state index in [-0.39, 0.29) is 29.2 Å². The summed E-state index contributed by atoms with van der Waals surface area (Å²) < 4.78 is 7.18. The molecule has 1 N–H and O–H groups in total. The Morgan fingerprint density at radius 2 is 1.64 bits per heavy atom. The third-order valence-electron chi connectivity index (χ3n) is 8.29. The Morgan fingerprint density at radius 3 is 2.45 bits per heavy atom. The average Bonchev–Trinajstić information content (AvgIpc) is 3.45. The number of pyridine rings is 1. The van der Waals surface area contributed by atoms with E-state index in [0.29, 0.717) is 47.1 Å². The monoisotopic (exact) mass is 606 g/mol. The number of carbonyl (C=O) groups excluding carboxylic acids is 2. The van der Waals surface area contributed by atoms with Crippen molar-refractivity contribution in [1.29, 1.82) is 0 Å². The van der Waals surface area contributed by atoms with Gasteiger partial charge in [0.2, 0.25) is 0 Å². The van der Waals surface area contributed by atoms with Crippen molar-refractivity contribution in [3.8, 4) is 5.69 Å². The number of rotatable bonds is 6. The van der Waals surface area contributed by atoms with E-state index in [2.05, 4.69) is 33.4 Å². The molecular weight excluding hydrogens is 576 g/mol. The molecule has 44 heavy (non-hydrogen) atoms. The van der Waals surface area contributed by atoms with Gasteiger partial charge in [-0.15, -0.1) is 0 Å². The highest BCUT2D eigenvalue weighted by atomic mass is 35.5. The highest BCUT2D eigenvalue weighted by Gasteiger charge is 2.34. The number of hydrogen-bond donors (Lipinski definition) is 1. The minimum Gasteiger partial charge on any atom is -0.379 e. The fourth-order valence-electron chi connectivity index (χ4n) is 6.09. The van der Waals surface area contributed by atoms with Crippen molar-refractivity contribution in [2.75, 3.05) is 38.2 Å². The molecular formula is C34H31ClN6O3. The summed E-state index contributed by atoms with van der Waals surface area (Å²) in [6.45, 7) is 4.24. The number of ether oxygens (including phenoxy) is 1. The van der Waals surface area contributed by atoms with Gasteiger partial charge in [-0.05, 0) is 41.8 Å². The number of para-hydroxylation sites is 2. The van der Waals surface area contributed by atoms with Crippen molar-refractivity contribution < 1.29 is 14.3 Å². The fraction of sp³-hybridized carbons (Fsp3) is 0.235. The zero-order chi connectivity index (χ0) is 30.0. The van der Waals surface area contributed by atoms with E-state index in [1.807, 2.05) is 65.6 Å². The van der Waals surface area contributed by atoms with Crippen LogP contribution in [0.3, 0.4) is 0 Å². The first kappa shape index (κ1) is 28.2. The number of carbonyl (C=O) groups is 2. The van der Waals surface area contributed by atoms with Gasteiger partial charge in [0.25, 0.3) is 11.8 Å². The summed E-state index contributed by atoms with van der Waals surface area (Å²) >= 11 is 6.48. The lowest BCUT2D eigenvalue weighted by molar-refractivity contribution is 0.0191. The Kier molecular flexibility index (Phi) is 7.82. The first-order chi connectivity index (χ1) is 21.5. The zero-order valence-electron chi connectivity index (χ0n) is 24.0. The summed E-state index contributed by atoms with van der Waals surface area (Å²) in [5.41, 5.74) is 4.58. The molecule has 1 saturated heterocycles. The number of amides is 2. The van der Waals surface area contributed by atoms with Gasteiger partial charge in [0, 0.05) is 49.5 Å². The highest BCUT2D eigenvalue weighted by Crippen LogP contribution is 2.30. The Hall–Kier alpha value is -4.57. The Morgan fingerprint density at radius 1 is 0.909 bits per heavy atom. The van der Waals surface area contributed by atoms with Crippen LogP contribution in [0, 0.1) is 0 Å².